The minimum absolute atomic E-state index is 0. The highest BCUT2D eigenvalue weighted by Crippen LogP contribution is 2.61. The number of benzene rings is 1. The van der Waals surface area contributed by atoms with Gasteiger partial charge in [0.2, 0.25) is 17.7 Å². The zero-order chi connectivity index (χ0) is 67.6. The van der Waals surface area contributed by atoms with E-state index in [0.717, 1.165) is 63.6 Å². The molecular formula is C74H109N3O19. The second kappa shape index (κ2) is 31.4. The van der Waals surface area contributed by atoms with E-state index in [1.54, 1.807) is 21.0 Å². The first-order valence-corrected chi connectivity index (χ1v) is 34.0. The third-order valence-electron chi connectivity index (χ3n) is 23.9. The van der Waals surface area contributed by atoms with Crippen LogP contribution in [0.15, 0.2) is 24.3 Å². The van der Waals surface area contributed by atoms with Crippen molar-refractivity contribution < 1.29 is 91.1 Å². The number of ketones is 6. The number of nitrogens with zero attached hydrogens (tertiary/aromatic N) is 1. The van der Waals surface area contributed by atoms with Crippen molar-refractivity contribution >= 4 is 76.3 Å². The van der Waals surface area contributed by atoms with Gasteiger partial charge in [0.15, 0.2) is 6.04 Å². The van der Waals surface area contributed by atoms with Crippen LogP contribution >= 0.6 is 0 Å². The first kappa shape index (κ1) is 78.3. The van der Waals surface area contributed by atoms with Crippen LogP contribution in [0.2, 0.25) is 0 Å². The summed E-state index contributed by atoms with van der Waals surface area (Å²) >= 11 is 0. The van der Waals surface area contributed by atoms with Crippen LogP contribution in [0.5, 0.6) is 5.75 Å². The molecule has 4 saturated heterocycles. The third-order valence-corrected chi connectivity index (χ3v) is 23.9. The summed E-state index contributed by atoms with van der Waals surface area (Å²) < 4.78 is 27.1. The number of Topliss-reactive ketones (excluding diaryl/α,β-unsaturated/α-hetero) is 6. The average molecular weight is 1340 g/mol. The molecular weight excluding hydrogens is 1230 g/mol. The van der Waals surface area contributed by atoms with Crippen LogP contribution in [0.4, 0.5) is 0 Å². The number of methoxy groups -OCH3 is 2. The highest BCUT2D eigenvalue weighted by Gasteiger charge is 2.65. The average Bonchev–Trinajstić information content (AvgIpc) is 1.53. The predicted octanol–water partition coefficient (Wildman–Crippen LogP) is 9.05. The lowest BCUT2D eigenvalue weighted by atomic mass is 9.55. The number of likely N-dealkylation sites (tertiary alicyclic amines) is 1. The molecule has 0 aromatic heterocycles. The molecule has 96 heavy (non-hydrogen) atoms. The van der Waals surface area contributed by atoms with E-state index in [4.69, 9.17) is 18.9 Å². The number of cyclic esters (lactones) is 3. The molecule has 534 valence electrons. The molecule has 0 spiro atoms. The highest BCUT2D eigenvalue weighted by molar-refractivity contribution is 5.98. The Kier molecular flexibility index (Phi) is 25.6. The molecule has 22 heteroatoms. The lowest BCUT2D eigenvalue weighted by Crippen LogP contribution is -2.55. The van der Waals surface area contributed by atoms with Gasteiger partial charge in [0.1, 0.15) is 57.3 Å². The molecule has 4 aliphatic heterocycles. The maximum Gasteiger partial charge on any atom is 0.330 e. The number of aliphatic hydroxyl groups is 1. The van der Waals surface area contributed by atoms with Crippen molar-refractivity contribution in [3.05, 3.63) is 29.8 Å². The number of fused-ring (bicyclic) bond motifs is 9. The Hall–Kier alpha value is -6.71. The molecule has 0 bridgehead atoms. The number of hydrogen-bond acceptors (Lipinski definition) is 19. The Balaban J connectivity index is 0.000000225. The molecule has 10 fully saturated rings. The quantitative estimate of drug-likeness (QED) is 0.109. The molecule has 0 radical (unpaired) electrons. The molecule has 6 aliphatic carbocycles. The Morgan fingerprint density at radius 3 is 1.27 bits per heavy atom. The second-order valence-electron chi connectivity index (χ2n) is 29.7. The van der Waals surface area contributed by atoms with Crippen LogP contribution in [-0.2, 0) is 87.8 Å². The van der Waals surface area contributed by atoms with E-state index in [2.05, 4.69) is 15.4 Å². The number of aliphatic hydroxyl groups excluding tert-OH is 1. The third kappa shape index (κ3) is 15.9. The van der Waals surface area contributed by atoms with Gasteiger partial charge in [-0.25, -0.2) is 4.79 Å². The summed E-state index contributed by atoms with van der Waals surface area (Å²) in [4.78, 5) is 166. The summed E-state index contributed by atoms with van der Waals surface area (Å²) in [5.74, 6) is -2.72. The minimum Gasteiger partial charge on any atom is -0.497 e. The fraction of sp³-hybridized carbons (Fsp3) is 0.743. The number of carbonyl (C=O) groups excluding carboxylic acids is 13. The number of ether oxygens (including phenoxy) is 5. The van der Waals surface area contributed by atoms with Gasteiger partial charge in [0.25, 0.3) is 0 Å². The predicted molar refractivity (Wildman–Crippen MR) is 353 cm³/mol. The molecule has 1 aromatic rings. The van der Waals surface area contributed by atoms with Gasteiger partial charge >= 0.3 is 23.9 Å². The number of nitrogens with one attached hydrogen (secondary N) is 2. The fourth-order valence-electron chi connectivity index (χ4n) is 19.0. The van der Waals surface area contributed by atoms with E-state index in [1.807, 2.05) is 56.9 Å². The van der Waals surface area contributed by atoms with E-state index >= 15 is 0 Å². The molecule has 22 nitrogen and oxygen atoms in total. The van der Waals surface area contributed by atoms with Crippen LogP contribution in [0.1, 0.15) is 223 Å². The summed E-state index contributed by atoms with van der Waals surface area (Å²) in [5, 5.41) is 14.6. The van der Waals surface area contributed by atoms with E-state index in [-0.39, 0.29) is 180 Å². The van der Waals surface area contributed by atoms with Crippen LogP contribution in [-0.4, -0.2) is 143 Å². The van der Waals surface area contributed by atoms with Crippen LogP contribution in [0, 0.1) is 69.5 Å². The van der Waals surface area contributed by atoms with Gasteiger partial charge < -0.3 is 44.3 Å². The summed E-state index contributed by atoms with van der Waals surface area (Å²) in [6.07, 6.45) is 11.0. The molecule has 6 saturated carbocycles. The number of piperidine rings is 1. The fourth-order valence-corrected chi connectivity index (χ4v) is 19.0. The van der Waals surface area contributed by atoms with Gasteiger partial charge in [-0.2, -0.15) is 0 Å². The highest BCUT2D eigenvalue weighted by atomic mass is 16.6. The molecule has 3 amide bonds. The Morgan fingerprint density at radius 1 is 0.531 bits per heavy atom. The van der Waals surface area contributed by atoms with Crippen LogP contribution < -0.4 is 15.4 Å². The van der Waals surface area contributed by atoms with Gasteiger partial charge in [-0.15, -0.1) is 0 Å². The number of amides is 3. The Morgan fingerprint density at radius 2 is 0.906 bits per heavy atom. The van der Waals surface area contributed by atoms with Gasteiger partial charge in [-0.1, -0.05) is 55.2 Å². The zero-order valence-electron chi connectivity index (χ0n) is 55.6. The van der Waals surface area contributed by atoms with Gasteiger partial charge in [-0.3, -0.25) is 57.5 Å². The maximum atomic E-state index is 13.4. The van der Waals surface area contributed by atoms with Gasteiger partial charge in [-0.05, 0) is 151 Å². The van der Waals surface area contributed by atoms with E-state index in [1.165, 1.54) is 0 Å². The van der Waals surface area contributed by atoms with Crippen molar-refractivity contribution in [2.45, 2.75) is 247 Å². The Bertz CT molecular complexity index is 3120. The topological polar surface area (TPSA) is 316 Å². The van der Waals surface area contributed by atoms with Gasteiger partial charge in [0.05, 0.1) is 38.6 Å². The van der Waals surface area contributed by atoms with Crippen molar-refractivity contribution in [3.8, 4) is 5.75 Å². The summed E-state index contributed by atoms with van der Waals surface area (Å²) in [7, 11) is 2.75. The van der Waals surface area contributed by atoms with E-state index in [0.29, 0.717) is 64.3 Å². The normalized spacial score (nSPS) is 35.3. The molecule has 3 N–H and O–H groups in total. The first-order valence-electron chi connectivity index (χ1n) is 34.0. The smallest absolute Gasteiger partial charge is 0.330 e. The SMILES string of the molecule is C.C.C.COC(=O)[C@H](CO)NC(=O)CC[C@@]1(C)OC(=O)CC[C@@H]2[C@@H]1C(=O)C[C@]1(C)C(=O)CC[C@@H]21.COc1ccc(CNC(=O)CC[C@@]2(C)OC(=O)CC[C@@H]3[C@@H]2C(=O)C[C@]2(C)C(=O)CC[C@@H]32)cc1.C[C@]1(CCC(=O)N2CCCCC2)OC(=O)CC[C@@H]2[C@@H]1C(=O)C[C@]1(C)C(=O)CC[C@@H]21. The maximum absolute atomic E-state index is 13.4. The molecule has 0 unspecified atom stereocenters. The van der Waals surface area contributed by atoms with Crippen LogP contribution in [0.3, 0.4) is 0 Å². The molecule has 11 rings (SSSR count). The summed E-state index contributed by atoms with van der Waals surface area (Å²) in [5.41, 5.74) is -4.13. The molecule has 16 atom stereocenters. The number of esters is 4. The largest absolute Gasteiger partial charge is 0.497 e. The van der Waals surface area contributed by atoms with Crippen molar-refractivity contribution in [2.24, 2.45) is 69.5 Å². The lowest BCUT2D eigenvalue weighted by Gasteiger charge is -2.48. The first-order chi connectivity index (χ1) is 44.0. The lowest BCUT2D eigenvalue weighted by molar-refractivity contribution is -0.173. The monoisotopic (exact) mass is 1340 g/mol. The summed E-state index contributed by atoms with van der Waals surface area (Å²) in [6, 6.07) is 6.27. The zero-order valence-corrected chi connectivity index (χ0v) is 55.6. The van der Waals surface area contributed by atoms with E-state index < -0.39 is 81.3 Å². The standard InChI is InChI=1S/C26H33NO6.C23H33NO5.C22H31NO8.3CH4/c1-25-14-20(28)24-18(19(25)9-10-21(25)29)8-11-23(31)33-26(24,2)13-12-22(30)27-15-16-4-6-17(32-3)7-5-16;1-22-14-17(25)21-15(16(22)7-8-18(22)26)6-9-20(28)29-23(21,2)11-10-19(27)24-12-4-3-5-13-24;1-21-10-15(25)19-12(13(21)5-6-16(21)26)4-7-18(28)31-22(19,2)9-8-17(27)23-14(11-24)20(29)30-3;;;/h4-7,18-19,24H,8-15H2,1-3H3,(H,27,30);15-16,21H,3-14H2,1-2H3;12-14,19,24H,4-11H2,1-3H3,(H,23,27);3*1H4/t18-,19-,24+,25-,26+;15-,16-,21+,22-,23+;12-,13-,14-,19+,21-,22+;;;/m000.../s1. The molecule has 1 aromatic carbocycles. The molecule has 4 heterocycles. The van der Waals surface area contributed by atoms with Gasteiger partial charge in [0, 0.05) is 113 Å². The summed E-state index contributed by atoms with van der Waals surface area (Å²) in [6.45, 7) is 12.4. The van der Waals surface area contributed by atoms with E-state index in [9.17, 15) is 67.4 Å². The molecule has 10 aliphatic rings. The van der Waals surface area contributed by atoms with Crippen molar-refractivity contribution in [1.82, 2.24) is 15.5 Å². The van der Waals surface area contributed by atoms with Crippen molar-refractivity contribution in [1.29, 1.82) is 0 Å². The number of rotatable bonds is 15. The number of carbonyl (C=O) groups is 13. The van der Waals surface area contributed by atoms with Crippen LogP contribution in [0.25, 0.3) is 0 Å². The van der Waals surface area contributed by atoms with Crippen molar-refractivity contribution in [2.75, 3.05) is 33.9 Å². The second-order valence-corrected chi connectivity index (χ2v) is 29.7. The van der Waals surface area contributed by atoms with Crippen molar-refractivity contribution in [3.63, 3.8) is 0 Å². The Labute approximate surface area is 567 Å². The number of hydrogen-bond donors (Lipinski definition) is 3. The minimum atomic E-state index is -1.18.